The van der Waals surface area contributed by atoms with Crippen molar-refractivity contribution in [3.05, 3.63) is 42.4 Å². The molecule has 1 saturated carbocycles. The van der Waals surface area contributed by atoms with Crippen LogP contribution in [0, 0.1) is 5.92 Å². The van der Waals surface area contributed by atoms with E-state index in [1.54, 1.807) is 12.5 Å². The van der Waals surface area contributed by atoms with Crippen molar-refractivity contribution in [3.8, 4) is 11.3 Å². The van der Waals surface area contributed by atoms with Gasteiger partial charge < -0.3 is 9.67 Å². The summed E-state index contributed by atoms with van der Waals surface area (Å²) in [5.74, 6) is -3.17. The predicted molar refractivity (Wildman–Crippen MR) is 74.1 cm³/mol. The first-order chi connectivity index (χ1) is 10.1. The highest BCUT2D eigenvalue weighted by molar-refractivity contribution is 5.69. The lowest BCUT2D eigenvalue weighted by Gasteiger charge is -2.37. The second kappa shape index (κ2) is 4.37. The van der Waals surface area contributed by atoms with Gasteiger partial charge in [-0.25, -0.2) is 13.8 Å². The van der Waals surface area contributed by atoms with Gasteiger partial charge in [0.1, 0.15) is 0 Å². The molecule has 3 atom stereocenters. The number of aliphatic hydroxyl groups excluding tert-OH is 1. The van der Waals surface area contributed by atoms with Gasteiger partial charge in [-0.2, -0.15) is 0 Å². The van der Waals surface area contributed by atoms with E-state index in [1.807, 2.05) is 28.8 Å². The Balaban J connectivity index is 1.82. The maximum atomic E-state index is 13.8. The molecule has 0 radical (unpaired) electrons. The van der Waals surface area contributed by atoms with Gasteiger partial charge in [-0.05, 0) is 12.0 Å². The van der Waals surface area contributed by atoms with E-state index in [9.17, 15) is 13.9 Å². The maximum Gasteiger partial charge on any atom is 0.248 e. The topological polar surface area (TPSA) is 38.1 Å². The minimum Gasteiger partial charge on any atom is -0.393 e. The van der Waals surface area contributed by atoms with Gasteiger partial charge in [-0.15, -0.1) is 0 Å². The van der Waals surface area contributed by atoms with Gasteiger partial charge in [0.25, 0.3) is 0 Å². The summed E-state index contributed by atoms with van der Waals surface area (Å²) in [6, 6.07) is 7.55. The van der Waals surface area contributed by atoms with E-state index in [1.165, 1.54) is 0 Å². The molecule has 2 heterocycles. The zero-order chi connectivity index (χ0) is 14.6. The number of aliphatic hydroxyl groups is 1. The van der Waals surface area contributed by atoms with Crippen molar-refractivity contribution in [2.75, 3.05) is 0 Å². The van der Waals surface area contributed by atoms with E-state index in [0.717, 1.165) is 16.8 Å². The third kappa shape index (κ3) is 1.91. The van der Waals surface area contributed by atoms with Crippen LogP contribution in [0.4, 0.5) is 8.78 Å². The molecule has 0 saturated heterocycles. The van der Waals surface area contributed by atoms with Crippen molar-refractivity contribution in [3.63, 3.8) is 0 Å². The molecule has 110 valence electrons. The fourth-order valence-electron chi connectivity index (χ4n) is 3.79. The van der Waals surface area contributed by atoms with Crippen LogP contribution in [0.1, 0.15) is 30.9 Å². The minimum atomic E-state index is -2.69. The lowest BCUT2D eigenvalue weighted by atomic mass is 9.77. The summed E-state index contributed by atoms with van der Waals surface area (Å²) in [7, 11) is 0. The molecule has 1 aliphatic heterocycles. The van der Waals surface area contributed by atoms with Crippen LogP contribution in [0.5, 0.6) is 0 Å². The molecule has 1 N–H and O–H groups in total. The summed E-state index contributed by atoms with van der Waals surface area (Å²) in [4.78, 5) is 4.14. The number of hydrogen-bond acceptors (Lipinski definition) is 2. The Hall–Kier alpha value is -1.75. The zero-order valence-corrected chi connectivity index (χ0v) is 11.4. The Morgan fingerprint density at radius 2 is 2.10 bits per heavy atom. The van der Waals surface area contributed by atoms with Crippen LogP contribution in [0.2, 0.25) is 0 Å². The summed E-state index contributed by atoms with van der Waals surface area (Å²) >= 11 is 0. The number of nitrogens with zero attached hydrogens (tertiary/aromatic N) is 2. The van der Waals surface area contributed by atoms with E-state index < -0.39 is 17.9 Å². The molecule has 0 bridgehead atoms. The monoisotopic (exact) mass is 290 g/mol. The fourth-order valence-corrected chi connectivity index (χ4v) is 3.79. The summed E-state index contributed by atoms with van der Waals surface area (Å²) in [6.07, 6.45) is 2.39. The number of alkyl halides is 2. The molecular weight excluding hydrogens is 274 g/mol. The highest BCUT2D eigenvalue weighted by Gasteiger charge is 2.47. The maximum absolute atomic E-state index is 13.8. The molecule has 1 aromatic heterocycles. The largest absolute Gasteiger partial charge is 0.393 e. The van der Waals surface area contributed by atoms with Crippen molar-refractivity contribution in [2.24, 2.45) is 5.92 Å². The Labute approximate surface area is 121 Å². The normalized spacial score (nSPS) is 30.0. The molecular formula is C16H16F2N2O. The van der Waals surface area contributed by atoms with Crippen molar-refractivity contribution in [1.82, 2.24) is 9.55 Å². The van der Waals surface area contributed by atoms with Crippen molar-refractivity contribution in [2.45, 2.75) is 37.3 Å². The number of aromatic nitrogens is 2. The molecule has 0 amide bonds. The van der Waals surface area contributed by atoms with Crippen molar-refractivity contribution in [1.29, 1.82) is 0 Å². The minimum absolute atomic E-state index is 0.153. The molecule has 1 aromatic carbocycles. The quantitative estimate of drug-likeness (QED) is 0.875. The van der Waals surface area contributed by atoms with Crippen LogP contribution in [-0.4, -0.2) is 26.7 Å². The SMILES string of the molecule is O[C@H]1CCC(F)(F)C[C@@H]1[C@H]1c2ccccc2-c2cncn21. The Morgan fingerprint density at radius 3 is 2.95 bits per heavy atom. The summed E-state index contributed by atoms with van der Waals surface area (Å²) in [5, 5.41) is 10.3. The number of rotatable bonds is 1. The van der Waals surface area contributed by atoms with Crippen LogP contribution in [0.3, 0.4) is 0 Å². The van der Waals surface area contributed by atoms with Gasteiger partial charge in [0.05, 0.1) is 30.4 Å². The molecule has 1 aliphatic carbocycles. The third-order valence-corrected chi connectivity index (χ3v) is 4.76. The van der Waals surface area contributed by atoms with Crippen LogP contribution in [0.25, 0.3) is 11.3 Å². The van der Waals surface area contributed by atoms with Crippen LogP contribution in [0.15, 0.2) is 36.8 Å². The first-order valence-corrected chi connectivity index (χ1v) is 7.24. The van der Waals surface area contributed by atoms with Crippen LogP contribution < -0.4 is 0 Å². The molecule has 2 aliphatic rings. The second-order valence-corrected chi connectivity index (χ2v) is 6.05. The number of imidazole rings is 1. The number of halogens is 2. The highest BCUT2D eigenvalue weighted by Crippen LogP contribution is 2.49. The first-order valence-electron chi connectivity index (χ1n) is 7.24. The number of benzene rings is 1. The summed E-state index contributed by atoms with van der Waals surface area (Å²) < 4.78 is 29.6. The van der Waals surface area contributed by atoms with E-state index in [0.29, 0.717) is 0 Å². The molecule has 4 rings (SSSR count). The lowest BCUT2D eigenvalue weighted by Crippen LogP contribution is -2.40. The lowest BCUT2D eigenvalue weighted by molar-refractivity contribution is -0.0990. The van der Waals surface area contributed by atoms with Crippen molar-refractivity contribution >= 4 is 0 Å². The summed E-state index contributed by atoms with van der Waals surface area (Å²) in [5.41, 5.74) is 2.98. The van der Waals surface area contributed by atoms with Gasteiger partial charge in [-0.1, -0.05) is 24.3 Å². The number of fused-ring (bicyclic) bond motifs is 3. The second-order valence-electron chi connectivity index (χ2n) is 6.05. The summed E-state index contributed by atoms with van der Waals surface area (Å²) in [6.45, 7) is 0. The predicted octanol–water partition coefficient (Wildman–Crippen LogP) is 3.25. The third-order valence-electron chi connectivity index (χ3n) is 4.76. The average molecular weight is 290 g/mol. The Morgan fingerprint density at radius 1 is 1.29 bits per heavy atom. The van der Waals surface area contributed by atoms with E-state index in [4.69, 9.17) is 0 Å². The standard InChI is InChI=1S/C16H16F2N2O/c17-16(18)6-5-14(21)12(7-16)15-11-4-2-1-3-10(11)13-8-19-9-20(13)15/h1-4,8-9,12,14-15,21H,5-7H2/t12-,14-,15+/m0/s1. The molecule has 2 aromatic rings. The highest BCUT2D eigenvalue weighted by atomic mass is 19.3. The Kier molecular flexibility index (Phi) is 2.70. The molecule has 0 spiro atoms. The van der Waals surface area contributed by atoms with Gasteiger partial charge in [0, 0.05) is 24.3 Å². The van der Waals surface area contributed by atoms with Gasteiger partial charge in [0.2, 0.25) is 5.92 Å². The first kappa shape index (κ1) is 13.0. The van der Waals surface area contributed by atoms with Crippen molar-refractivity contribution < 1.29 is 13.9 Å². The van der Waals surface area contributed by atoms with Gasteiger partial charge in [-0.3, -0.25) is 0 Å². The van der Waals surface area contributed by atoms with Crippen LogP contribution in [-0.2, 0) is 0 Å². The van der Waals surface area contributed by atoms with E-state index >= 15 is 0 Å². The van der Waals surface area contributed by atoms with Gasteiger partial charge in [0.15, 0.2) is 0 Å². The number of hydrogen-bond donors (Lipinski definition) is 1. The average Bonchev–Trinajstić information content (AvgIpc) is 3.02. The molecule has 3 nitrogen and oxygen atoms in total. The van der Waals surface area contributed by atoms with E-state index in [-0.39, 0.29) is 25.3 Å². The fraction of sp³-hybridized carbons (Fsp3) is 0.438. The molecule has 0 unspecified atom stereocenters. The smallest absolute Gasteiger partial charge is 0.248 e. The molecule has 1 fully saturated rings. The molecule has 21 heavy (non-hydrogen) atoms. The Bertz CT molecular complexity index is 682. The zero-order valence-electron chi connectivity index (χ0n) is 11.4. The molecule has 5 heteroatoms. The van der Waals surface area contributed by atoms with Gasteiger partial charge >= 0.3 is 0 Å². The van der Waals surface area contributed by atoms with E-state index in [2.05, 4.69) is 4.98 Å². The van der Waals surface area contributed by atoms with Crippen LogP contribution >= 0.6 is 0 Å².